The van der Waals surface area contributed by atoms with Gasteiger partial charge in [-0.25, -0.2) is 17.4 Å². The number of hydrogen-bond acceptors (Lipinski definition) is 5. The number of nitrogens with one attached hydrogen (secondary N) is 1. The summed E-state index contributed by atoms with van der Waals surface area (Å²) in [6.45, 7) is 5.61. The molecule has 1 aliphatic rings. The van der Waals surface area contributed by atoms with Crippen molar-refractivity contribution in [3.8, 4) is 0 Å². The molecular weight excluding hydrogens is 388 g/mol. The zero-order valence-electron chi connectivity index (χ0n) is 16.5. The molecule has 1 aromatic carbocycles. The van der Waals surface area contributed by atoms with Crippen LogP contribution in [0.4, 0.5) is 0 Å². The van der Waals surface area contributed by atoms with E-state index < -0.39 is 10.0 Å². The molecule has 152 valence electrons. The Morgan fingerprint density at radius 3 is 2.62 bits per heavy atom. The molecule has 0 saturated carbocycles. The van der Waals surface area contributed by atoms with Crippen LogP contribution >= 0.6 is 0 Å². The van der Waals surface area contributed by atoms with Crippen molar-refractivity contribution in [2.45, 2.75) is 44.2 Å². The topological polar surface area (TPSA) is 88.1 Å². The number of H-pyrrole nitrogens is 1. The SMILES string of the molecule is CC(C)c1nc2c(c(=O)[nH]1)CN(Cc1cccn1S(=O)(=O)c1ccccc1)CC2. The molecule has 29 heavy (non-hydrogen) atoms. The third kappa shape index (κ3) is 3.77. The van der Waals surface area contributed by atoms with E-state index in [0.717, 1.165) is 12.2 Å². The first-order valence-corrected chi connectivity index (χ1v) is 11.1. The Balaban J connectivity index is 1.59. The van der Waals surface area contributed by atoms with Crippen molar-refractivity contribution in [3.05, 3.63) is 81.8 Å². The van der Waals surface area contributed by atoms with Gasteiger partial charge in [0, 0.05) is 43.9 Å². The average molecular weight is 413 g/mol. The van der Waals surface area contributed by atoms with Gasteiger partial charge in [-0.2, -0.15) is 0 Å². The molecule has 0 unspecified atom stereocenters. The Labute approximate surface area is 170 Å². The van der Waals surface area contributed by atoms with Crippen LogP contribution in [-0.2, 0) is 29.5 Å². The summed E-state index contributed by atoms with van der Waals surface area (Å²) in [4.78, 5) is 22.4. The monoisotopic (exact) mass is 412 g/mol. The van der Waals surface area contributed by atoms with Gasteiger partial charge in [0.05, 0.1) is 16.2 Å². The third-order valence-corrected chi connectivity index (χ3v) is 6.93. The largest absolute Gasteiger partial charge is 0.310 e. The molecule has 0 radical (unpaired) electrons. The molecule has 7 nitrogen and oxygen atoms in total. The summed E-state index contributed by atoms with van der Waals surface area (Å²) in [6, 6.07) is 11.9. The van der Waals surface area contributed by atoms with E-state index in [1.165, 1.54) is 3.97 Å². The van der Waals surface area contributed by atoms with E-state index in [4.69, 9.17) is 0 Å². The first-order chi connectivity index (χ1) is 13.9. The molecule has 0 aliphatic carbocycles. The van der Waals surface area contributed by atoms with Crippen molar-refractivity contribution in [2.24, 2.45) is 0 Å². The molecule has 1 N–H and O–H groups in total. The quantitative estimate of drug-likeness (QED) is 0.696. The number of hydrogen-bond donors (Lipinski definition) is 1. The third-order valence-electron chi connectivity index (χ3n) is 5.19. The van der Waals surface area contributed by atoms with E-state index in [2.05, 4.69) is 14.9 Å². The minimum Gasteiger partial charge on any atom is -0.310 e. The average Bonchev–Trinajstić information content (AvgIpc) is 3.18. The molecular formula is C21H24N4O3S. The Bertz CT molecular complexity index is 1180. The normalized spacial score (nSPS) is 14.9. The van der Waals surface area contributed by atoms with Crippen molar-refractivity contribution in [2.75, 3.05) is 6.54 Å². The summed E-state index contributed by atoms with van der Waals surface area (Å²) in [5.41, 5.74) is 2.09. The van der Waals surface area contributed by atoms with Crippen molar-refractivity contribution < 1.29 is 8.42 Å². The molecule has 8 heteroatoms. The summed E-state index contributed by atoms with van der Waals surface area (Å²) in [5, 5.41) is 0. The van der Waals surface area contributed by atoms with Crippen LogP contribution in [0.5, 0.6) is 0 Å². The van der Waals surface area contributed by atoms with E-state index >= 15 is 0 Å². The highest BCUT2D eigenvalue weighted by Crippen LogP contribution is 2.21. The summed E-state index contributed by atoms with van der Waals surface area (Å²) >= 11 is 0. The van der Waals surface area contributed by atoms with Crippen LogP contribution in [0.2, 0.25) is 0 Å². The van der Waals surface area contributed by atoms with Gasteiger partial charge in [-0.1, -0.05) is 32.0 Å². The zero-order valence-corrected chi connectivity index (χ0v) is 17.3. The van der Waals surface area contributed by atoms with Crippen molar-refractivity contribution in [1.29, 1.82) is 0 Å². The Morgan fingerprint density at radius 2 is 1.90 bits per heavy atom. The lowest BCUT2D eigenvalue weighted by Crippen LogP contribution is -2.36. The maximum absolute atomic E-state index is 13.0. The maximum Gasteiger partial charge on any atom is 0.267 e. The van der Waals surface area contributed by atoms with Crippen LogP contribution in [-0.4, -0.2) is 33.8 Å². The van der Waals surface area contributed by atoms with E-state index in [0.29, 0.717) is 36.6 Å². The minimum absolute atomic E-state index is 0.101. The molecule has 1 aliphatic heterocycles. The number of benzene rings is 1. The Hall–Kier alpha value is -2.71. The van der Waals surface area contributed by atoms with Gasteiger partial charge in [0.25, 0.3) is 15.6 Å². The molecule has 0 atom stereocenters. The molecule has 0 saturated heterocycles. The lowest BCUT2D eigenvalue weighted by Gasteiger charge is -2.28. The number of aromatic amines is 1. The highest BCUT2D eigenvalue weighted by Gasteiger charge is 2.24. The zero-order chi connectivity index (χ0) is 20.6. The predicted octanol–water partition coefficient (Wildman–Crippen LogP) is 2.49. The summed E-state index contributed by atoms with van der Waals surface area (Å²) in [5.74, 6) is 0.877. The number of rotatable bonds is 5. The Morgan fingerprint density at radius 1 is 1.14 bits per heavy atom. The standard InChI is InChI=1S/C21H24N4O3S/c1-15(2)20-22-19-10-12-24(14-18(19)21(26)23-20)13-16-7-6-11-25(16)29(27,28)17-8-4-3-5-9-17/h3-9,11,15H,10,12-14H2,1-2H3,(H,22,23,26). The minimum atomic E-state index is -3.65. The first kappa shape index (κ1) is 19.6. The maximum atomic E-state index is 13.0. The smallest absolute Gasteiger partial charge is 0.267 e. The van der Waals surface area contributed by atoms with Gasteiger partial charge in [-0.3, -0.25) is 9.69 Å². The van der Waals surface area contributed by atoms with Crippen LogP contribution in [0.3, 0.4) is 0 Å². The van der Waals surface area contributed by atoms with Gasteiger partial charge >= 0.3 is 0 Å². The summed E-state index contributed by atoms with van der Waals surface area (Å²) in [7, 11) is -3.65. The van der Waals surface area contributed by atoms with Crippen LogP contribution in [0.25, 0.3) is 0 Å². The van der Waals surface area contributed by atoms with Crippen LogP contribution in [0.15, 0.2) is 58.4 Å². The van der Waals surface area contributed by atoms with Crippen LogP contribution in [0.1, 0.15) is 42.5 Å². The number of fused-ring (bicyclic) bond motifs is 1. The second-order valence-electron chi connectivity index (χ2n) is 7.61. The summed E-state index contributed by atoms with van der Waals surface area (Å²) < 4.78 is 27.3. The molecule has 0 spiro atoms. The van der Waals surface area contributed by atoms with Gasteiger partial charge < -0.3 is 4.98 Å². The van der Waals surface area contributed by atoms with Gasteiger partial charge in [0.15, 0.2) is 0 Å². The second kappa shape index (κ2) is 7.61. The highest BCUT2D eigenvalue weighted by molar-refractivity contribution is 7.90. The van der Waals surface area contributed by atoms with Crippen molar-refractivity contribution in [3.63, 3.8) is 0 Å². The second-order valence-corrected chi connectivity index (χ2v) is 9.42. The molecule has 3 aromatic rings. The summed E-state index contributed by atoms with van der Waals surface area (Å²) in [6.07, 6.45) is 2.24. The fourth-order valence-electron chi connectivity index (χ4n) is 3.60. The molecule has 0 fully saturated rings. The van der Waals surface area contributed by atoms with E-state index in [-0.39, 0.29) is 16.4 Å². The van der Waals surface area contributed by atoms with Gasteiger partial charge in [0.1, 0.15) is 5.82 Å². The van der Waals surface area contributed by atoms with Gasteiger partial charge in [-0.05, 0) is 24.3 Å². The number of nitrogens with zero attached hydrogens (tertiary/aromatic N) is 3. The first-order valence-electron chi connectivity index (χ1n) is 9.67. The predicted molar refractivity (Wildman–Crippen MR) is 110 cm³/mol. The fourth-order valence-corrected chi connectivity index (χ4v) is 4.99. The van der Waals surface area contributed by atoms with Crippen molar-refractivity contribution >= 4 is 10.0 Å². The molecule has 4 rings (SSSR count). The van der Waals surface area contributed by atoms with E-state index in [1.807, 2.05) is 13.8 Å². The van der Waals surface area contributed by atoms with Gasteiger partial charge in [0.2, 0.25) is 0 Å². The lowest BCUT2D eigenvalue weighted by molar-refractivity contribution is 0.238. The van der Waals surface area contributed by atoms with Crippen LogP contribution < -0.4 is 5.56 Å². The van der Waals surface area contributed by atoms with Crippen LogP contribution in [0, 0.1) is 0 Å². The van der Waals surface area contributed by atoms with Crippen molar-refractivity contribution in [1.82, 2.24) is 18.8 Å². The fraction of sp³-hybridized carbons (Fsp3) is 0.333. The molecule has 0 amide bonds. The lowest BCUT2D eigenvalue weighted by atomic mass is 10.1. The van der Waals surface area contributed by atoms with Gasteiger partial charge in [-0.15, -0.1) is 0 Å². The molecule has 0 bridgehead atoms. The number of aromatic nitrogens is 3. The Kier molecular flexibility index (Phi) is 5.14. The molecule has 2 aromatic heterocycles. The van der Waals surface area contributed by atoms with E-state index in [1.54, 1.807) is 48.7 Å². The van der Waals surface area contributed by atoms with E-state index in [9.17, 15) is 13.2 Å². The highest BCUT2D eigenvalue weighted by atomic mass is 32.2. The molecule has 3 heterocycles.